The van der Waals surface area contributed by atoms with Crippen LogP contribution in [0.3, 0.4) is 0 Å². The lowest BCUT2D eigenvalue weighted by atomic mass is 10.2. The van der Waals surface area contributed by atoms with Crippen LogP contribution >= 0.6 is 23.5 Å². The fourth-order valence-electron chi connectivity index (χ4n) is 2.68. The Balaban J connectivity index is 1.77. The summed E-state index contributed by atoms with van der Waals surface area (Å²) in [6.07, 6.45) is -4.63. The minimum absolute atomic E-state index is 0.0108. The number of carbonyl (C=O) groups excluding carboxylic acids is 1. The zero-order valence-electron chi connectivity index (χ0n) is 15.7. The summed E-state index contributed by atoms with van der Waals surface area (Å²) >= 11 is 0.715. The second kappa shape index (κ2) is 9.43. The third-order valence-corrected chi connectivity index (χ3v) is 5.71. The number of alkyl halides is 6. The number of nitrogens with zero attached hydrogens (tertiary/aromatic N) is 3. The van der Waals surface area contributed by atoms with Crippen molar-refractivity contribution in [1.29, 1.82) is 0 Å². The van der Waals surface area contributed by atoms with Gasteiger partial charge in [0.25, 0.3) is 0 Å². The molecule has 0 bridgehead atoms. The van der Waals surface area contributed by atoms with E-state index in [0.717, 1.165) is 11.8 Å². The Morgan fingerprint density at radius 3 is 2.19 bits per heavy atom. The van der Waals surface area contributed by atoms with Crippen LogP contribution in [-0.4, -0.2) is 40.2 Å². The van der Waals surface area contributed by atoms with E-state index < -0.39 is 24.3 Å². The summed E-state index contributed by atoms with van der Waals surface area (Å²) in [6, 6.07) is 12.8. The van der Waals surface area contributed by atoms with Crippen molar-refractivity contribution < 1.29 is 31.1 Å². The molecule has 1 aliphatic heterocycles. The molecule has 2 aromatic carbocycles. The first-order valence-electron chi connectivity index (χ1n) is 8.74. The van der Waals surface area contributed by atoms with Gasteiger partial charge in [-0.3, -0.25) is 14.8 Å². The van der Waals surface area contributed by atoms with E-state index in [4.69, 9.17) is 0 Å². The third kappa shape index (κ3) is 6.82. The molecule has 0 aromatic heterocycles. The van der Waals surface area contributed by atoms with Gasteiger partial charge in [-0.1, -0.05) is 42.1 Å². The van der Waals surface area contributed by atoms with Gasteiger partial charge in [-0.2, -0.15) is 26.3 Å². The molecule has 0 N–H and O–H groups in total. The summed E-state index contributed by atoms with van der Waals surface area (Å²) < 4.78 is 76.5. The minimum atomic E-state index is -4.63. The molecule has 0 spiro atoms. The van der Waals surface area contributed by atoms with Crippen molar-refractivity contribution in [2.24, 2.45) is 4.99 Å². The third-order valence-electron chi connectivity index (χ3n) is 3.97. The quantitative estimate of drug-likeness (QED) is 0.370. The van der Waals surface area contributed by atoms with Crippen LogP contribution in [0.1, 0.15) is 5.56 Å². The van der Waals surface area contributed by atoms with Crippen molar-refractivity contribution in [3.8, 4) is 0 Å². The molecule has 166 valence electrons. The first-order valence-corrected chi connectivity index (χ1v) is 10.5. The number of halogens is 6. The number of carbonyl (C=O) groups is 1. The van der Waals surface area contributed by atoms with E-state index in [2.05, 4.69) is 4.99 Å². The number of amidine groups is 1. The van der Waals surface area contributed by atoms with Gasteiger partial charge in [-0.05, 0) is 41.6 Å². The van der Waals surface area contributed by atoms with E-state index >= 15 is 0 Å². The fourth-order valence-corrected chi connectivity index (χ4v) is 4.17. The monoisotopic (exact) mass is 479 g/mol. The van der Waals surface area contributed by atoms with Crippen molar-refractivity contribution in [1.82, 2.24) is 4.90 Å². The lowest BCUT2D eigenvalue weighted by Crippen LogP contribution is -2.53. The van der Waals surface area contributed by atoms with Gasteiger partial charge in [0, 0.05) is 10.6 Å². The second-order valence-corrected chi connectivity index (χ2v) is 8.36. The van der Waals surface area contributed by atoms with Crippen LogP contribution in [0.4, 0.5) is 36.8 Å². The van der Waals surface area contributed by atoms with Gasteiger partial charge in [0.15, 0.2) is 5.17 Å². The number of amides is 2. The summed E-state index contributed by atoms with van der Waals surface area (Å²) in [5, 5.41) is -0.0942. The predicted molar refractivity (Wildman–Crippen MR) is 109 cm³/mol. The molecule has 0 unspecified atom stereocenters. The number of hydrogen-bond acceptors (Lipinski definition) is 4. The Hall–Kier alpha value is -2.34. The number of aliphatic imine (C=N–C) groups is 1. The summed E-state index contributed by atoms with van der Waals surface area (Å²) in [6.45, 7) is -1.57. The first kappa shape index (κ1) is 23.3. The first-order chi connectivity index (χ1) is 14.5. The number of rotatable bonds is 5. The number of benzene rings is 2. The van der Waals surface area contributed by atoms with Crippen molar-refractivity contribution in [2.75, 3.05) is 17.3 Å². The fraction of sp³-hybridized carbons (Fsp3) is 0.263. The Bertz CT molecular complexity index is 932. The zero-order chi connectivity index (χ0) is 22.6. The smallest absolute Gasteiger partial charge is 0.284 e. The molecule has 0 saturated carbocycles. The predicted octanol–water partition coefficient (Wildman–Crippen LogP) is 6.35. The van der Waals surface area contributed by atoms with E-state index in [1.54, 1.807) is 30.3 Å². The largest absolute Gasteiger partial charge is 0.446 e. The second-order valence-electron chi connectivity index (χ2n) is 6.31. The molecular formula is C19H15F6N3OS2. The molecule has 2 amide bonds. The van der Waals surface area contributed by atoms with E-state index in [-0.39, 0.29) is 34.2 Å². The van der Waals surface area contributed by atoms with Crippen molar-refractivity contribution in [3.63, 3.8) is 0 Å². The van der Waals surface area contributed by atoms with Crippen molar-refractivity contribution in [3.05, 3.63) is 60.2 Å². The van der Waals surface area contributed by atoms with E-state index in [0.29, 0.717) is 16.2 Å². The molecule has 1 fully saturated rings. The number of urea groups is 1. The summed E-state index contributed by atoms with van der Waals surface area (Å²) in [4.78, 5) is 18.7. The van der Waals surface area contributed by atoms with E-state index in [1.807, 2.05) is 0 Å². The lowest BCUT2D eigenvalue weighted by molar-refractivity contribution is -0.133. The molecule has 4 nitrogen and oxygen atoms in total. The van der Waals surface area contributed by atoms with Crippen molar-refractivity contribution in [2.45, 2.75) is 23.1 Å². The SMILES string of the molecule is O=C1N(CC(F)(F)F)/C(=N/Cc2ccc(SC(F)(F)F)cc2)SCN1c1ccccc1. The molecule has 12 heteroatoms. The zero-order valence-corrected chi connectivity index (χ0v) is 17.3. The maximum absolute atomic E-state index is 13.1. The Kier molecular flexibility index (Phi) is 7.10. The highest BCUT2D eigenvalue weighted by molar-refractivity contribution is 8.14. The van der Waals surface area contributed by atoms with Gasteiger partial charge < -0.3 is 0 Å². The standard InChI is InChI=1S/C19H15F6N3OS2/c20-18(21,22)11-27-16(30-12-28(17(27)29)14-4-2-1-3-5-14)26-10-13-6-8-15(9-7-13)31-19(23,24)25/h1-9H,10-12H2/b26-16-. The highest BCUT2D eigenvalue weighted by atomic mass is 32.2. The van der Waals surface area contributed by atoms with Crippen LogP contribution in [-0.2, 0) is 6.54 Å². The molecule has 1 aliphatic rings. The van der Waals surface area contributed by atoms with Crippen molar-refractivity contribution >= 4 is 40.4 Å². The Morgan fingerprint density at radius 1 is 0.968 bits per heavy atom. The van der Waals surface area contributed by atoms with Gasteiger partial charge in [0.1, 0.15) is 6.54 Å². The Labute approximate surface area is 182 Å². The molecule has 0 aliphatic carbocycles. The number of hydrogen-bond donors (Lipinski definition) is 0. The molecule has 3 rings (SSSR count). The number of anilines is 1. The molecule has 1 heterocycles. The van der Waals surface area contributed by atoms with E-state index in [1.165, 1.54) is 29.2 Å². The van der Waals surface area contributed by atoms with Crippen LogP contribution in [0.25, 0.3) is 0 Å². The molecule has 1 saturated heterocycles. The number of thioether (sulfide) groups is 2. The van der Waals surface area contributed by atoms with Crippen LogP contribution in [0.15, 0.2) is 64.5 Å². The van der Waals surface area contributed by atoms with Gasteiger partial charge >= 0.3 is 17.7 Å². The summed E-state index contributed by atoms with van der Waals surface area (Å²) in [5.74, 6) is 0.0806. The highest BCUT2D eigenvalue weighted by Gasteiger charge is 2.40. The van der Waals surface area contributed by atoms with Gasteiger partial charge in [0.2, 0.25) is 0 Å². The van der Waals surface area contributed by atoms with Gasteiger partial charge in [-0.15, -0.1) is 0 Å². The average molecular weight is 479 g/mol. The maximum atomic E-state index is 13.1. The van der Waals surface area contributed by atoms with Gasteiger partial charge in [0.05, 0.1) is 12.4 Å². The van der Waals surface area contributed by atoms with E-state index in [9.17, 15) is 31.1 Å². The minimum Gasteiger partial charge on any atom is -0.284 e. The normalized spacial score (nSPS) is 16.8. The number of para-hydroxylation sites is 1. The Morgan fingerprint density at radius 2 is 1.61 bits per heavy atom. The molecule has 0 atom stereocenters. The molecule has 31 heavy (non-hydrogen) atoms. The molecular weight excluding hydrogens is 464 g/mol. The van der Waals surface area contributed by atoms with Crippen LogP contribution in [0.2, 0.25) is 0 Å². The topological polar surface area (TPSA) is 35.9 Å². The van der Waals surface area contributed by atoms with Crippen LogP contribution in [0.5, 0.6) is 0 Å². The van der Waals surface area contributed by atoms with Gasteiger partial charge in [-0.25, -0.2) is 4.79 Å². The van der Waals surface area contributed by atoms with Crippen LogP contribution in [0, 0.1) is 0 Å². The molecule has 0 radical (unpaired) electrons. The molecule has 2 aromatic rings. The van der Waals surface area contributed by atoms with Crippen LogP contribution < -0.4 is 4.90 Å². The lowest BCUT2D eigenvalue weighted by Gasteiger charge is -2.36. The highest BCUT2D eigenvalue weighted by Crippen LogP contribution is 2.37. The summed E-state index contributed by atoms with van der Waals surface area (Å²) in [5.41, 5.74) is -3.45. The maximum Gasteiger partial charge on any atom is 0.446 e. The average Bonchev–Trinajstić information content (AvgIpc) is 2.68. The summed E-state index contributed by atoms with van der Waals surface area (Å²) in [7, 11) is 0.